The van der Waals surface area contributed by atoms with Crippen molar-refractivity contribution in [3.8, 4) is 0 Å². The van der Waals surface area contributed by atoms with Crippen molar-refractivity contribution in [3.63, 3.8) is 0 Å². The molecule has 1 unspecified atom stereocenters. The third-order valence-electron chi connectivity index (χ3n) is 2.38. The Labute approximate surface area is 110 Å². The average Bonchev–Trinajstić information content (AvgIpc) is 2.33. The monoisotopic (exact) mass is 271 g/mol. The van der Waals surface area contributed by atoms with Crippen molar-refractivity contribution in [2.24, 2.45) is 5.92 Å². The number of thiol groups is 1. The number of carboxylic acid groups (broad SMARTS) is 1. The molecule has 98 valence electrons. The highest BCUT2D eigenvalue weighted by Gasteiger charge is 2.18. The van der Waals surface area contributed by atoms with Gasteiger partial charge in [0.1, 0.15) is 12.4 Å². The van der Waals surface area contributed by atoms with Gasteiger partial charge in [0.15, 0.2) is 0 Å². The Hall–Kier alpha value is -1.56. The minimum atomic E-state index is -1.10. The molecule has 4 nitrogen and oxygen atoms in total. The standard InChI is InChI=1S/C12H14FNO3S/c13-10-3-1-2-8(5-10)4-9(7-18)12(17)14-6-11(15)16/h1-3,5,9,18H,4,6-7H2,(H,14,17)(H,15,16). The Kier molecular flexibility index (Phi) is 5.64. The summed E-state index contributed by atoms with van der Waals surface area (Å²) in [7, 11) is 0. The van der Waals surface area contributed by atoms with Crippen molar-refractivity contribution in [2.75, 3.05) is 12.3 Å². The first kappa shape index (κ1) is 14.5. The second-order valence-electron chi connectivity index (χ2n) is 3.83. The van der Waals surface area contributed by atoms with Gasteiger partial charge >= 0.3 is 5.97 Å². The van der Waals surface area contributed by atoms with Gasteiger partial charge in [-0.3, -0.25) is 9.59 Å². The molecule has 18 heavy (non-hydrogen) atoms. The van der Waals surface area contributed by atoms with E-state index < -0.39 is 24.3 Å². The second kappa shape index (κ2) is 7.00. The van der Waals surface area contributed by atoms with E-state index in [2.05, 4.69) is 17.9 Å². The van der Waals surface area contributed by atoms with Crippen LogP contribution in [0.15, 0.2) is 24.3 Å². The average molecular weight is 271 g/mol. The number of aliphatic carboxylic acids is 1. The van der Waals surface area contributed by atoms with Crippen molar-refractivity contribution in [2.45, 2.75) is 6.42 Å². The topological polar surface area (TPSA) is 66.4 Å². The van der Waals surface area contributed by atoms with E-state index in [-0.39, 0.29) is 11.6 Å². The maximum atomic E-state index is 13.0. The van der Waals surface area contributed by atoms with Crippen LogP contribution < -0.4 is 5.32 Å². The number of carboxylic acids is 1. The van der Waals surface area contributed by atoms with Crippen LogP contribution in [0.4, 0.5) is 4.39 Å². The molecule has 0 aromatic heterocycles. The summed E-state index contributed by atoms with van der Waals surface area (Å²) in [4.78, 5) is 22.0. The van der Waals surface area contributed by atoms with Crippen LogP contribution in [0.25, 0.3) is 0 Å². The van der Waals surface area contributed by atoms with Crippen LogP contribution in [-0.2, 0) is 16.0 Å². The largest absolute Gasteiger partial charge is 0.480 e. The van der Waals surface area contributed by atoms with Crippen LogP contribution in [0, 0.1) is 11.7 Å². The second-order valence-corrected chi connectivity index (χ2v) is 4.19. The minimum absolute atomic E-state index is 0.266. The van der Waals surface area contributed by atoms with Gasteiger partial charge in [-0.1, -0.05) is 12.1 Å². The molecule has 1 amide bonds. The van der Waals surface area contributed by atoms with Gasteiger partial charge < -0.3 is 10.4 Å². The van der Waals surface area contributed by atoms with Gasteiger partial charge in [0.05, 0.1) is 5.92 Å². The molecular weight excluding hydrogens is 257 g/mol. The maximum Gasteiger partial charge on any atom is 0.322 e. The van der Waals surface area contributed by atoms with Crippen molar-refractivity contribution < 1.29 is 19.1 Å². The molecule has 0 heterocycles. The zero-order valence-electron chi connectivity index (χ0n) is 9.60. The number of rotatable bonds is 6. The number of hydrogen-bond acceptors (Lipinski definition) is 3. The van der Waals surface area contributed by atoms with E-state index in [1.165, 1.54) is 12.1 Å². The lowest BCUT2D eigenvalue weighted by Gasteiger charge is -2.13. The zero-order chi connectivity index (χ0) is 13.5. The predicted octanol–water partition coefficient (Wildman–Crippen LogP) is 1.11. The Bertz CT molecular complexity index is 439. The Balaban J connectivity index is 2.61. The molecule has 0 aliphatic carbocycles. The van der Waals surface area contributed by atoms with E-state index in [0.717, 1.165) is 0 Å². The third-order valence-corrected chi connectivity index (χ3v) is 2.82. The summed E-state index contributed by atoms with van der Waals surface area (Å²) in [5.41, 5.74) is 0.680. The fraction of sp³-hybridized carbons (Fsp3) is 0.333. The van der Waals surface area contributed by atoms with Crippen molar-refractivity contribution in [1.82, 2.24) is 5.32 Å². The van der Waals surface area contributed by atoms with E-state index >= 15 is 0 Å². The first-order valence-electron chi connectivity index (χ1n) is 5.37. The summed E-state index contributed by atoms with van der Waals surface area (Å²) in [6, 6.07) is 5.95. The first-order chi connectivity index (χ1) is 8.52. The van der Waals surface area contributed by atoms with E-state index in [9.17, 15) is 14.0 Å². The molecule has 2 N–H and O–H groups in total. The molecule has 1 aromatic rings. The number of carbonyl (C=O) groups excluding carboxylic acids is 1. The number of halogens is 1. The van der Waals surface area contributed by atoms with Crippen LogP contribution in [-0.4, -0.2) is 29.3 Å². The highest BCUT2D eigenvalue weighted by Crippen LogP contribution is 2.12. The molecular formula is C12H14FNO3S. The van der Waals surface area contributed by atoms with Crippen LogP contribution in [0.1, 0.15) is 5.56 Å². The highest BCUT2D eigenvalue weighted by molar-refractivity contribution is 7.80. The summed E-state index contributed by atoms with van der Waals surface area (Å²) in [6.07, 6.45) is 0.326. The number of carbonyl (C=O) groups is 2. The maximum absolute atomic E-state index is 13.0. The van der Waals surface area contributed by atoms with E-state index in [0.29, 0.717) is 12.0 Å². The lowest BCUT2D eigenvalue weighted by molar-refractivity contribution is -0.138. The van der Waals surface area contributed by atoms with E-state index in [1.807, 2.05) is 0 Å². The molecule has 0 bridgehead atoms. The van der Waals surface area contributed by atoms with Crippen LogP contribution in [0.3, 0.4) is 0 Å². The molecule has 0 radical (unpaired) electrons. The fourth-order valence-corrected chi connectivity index (χ4v) is 1.79. The normalized spacial score (nSPS) is 11.9. The smallest absolute Gasteiger partial charge is 0.322 e. The third kappa shape index (κ3) is 4.75. The fourth-order valence-electron chi connectivity index (χ4n) is 1.50. The molecule has 0 aliphatic rings. The van der Waals surface area contributed by atoms with Gasteiger partial charge in [-0.2, -0.15) is 12.6 Å². The molecule has 0 fully saturated rings. The summed E-state index contributed by atoms with van der Waals surface area (Å²) in [5, 5.41) is 10.7. The summed E-state index contributed by atoms with van der Waals surface area (Å²) < 4.78 is 13.0. The predicted molar refractivity (Wildman–Crippen MR) is 68.1 cm³/mol. The van der Waals surface area contributed by atoms with Crippen molar-refractivity contribution >= 4 is 24.5 Å². The van der Waals surface area contributed by atoms with Crippen LogP contribution in [0.2, 0.25) is 0 Å². The van der Waals surface area contributed by atoms with Gasteiger partial charge in [-0.05, 0) is 24.1 Å². The zero-order valence-corrected chi connectivity index (χ0v) is 10.5. The summed E-state index contributed by atoms with van der Waals surface area (Å²) >= 11 is 4.05. The van der Waals surface area contributed by atoms with Gasteiger partial charge in [0.2, 0.25) is 5.91 Å². The lowest BCUT2D eigenvalue weighted by Crippen LogP contribution is -2.36. The van der Waals surface area contributed by atoms with Crippen molar-refractivity contribution in [1.29, 1.82) is 0 Å². The minimum Gasteiger partial charge on any atom is -0.480 e. The number of amides is 1. The molecule has 0 aliphatic heterocycles. The number of nitrogens with one attached hydrogen (secondary N) is 1. The highest BCUT2D eigenvalue weighted by atomic mass is 32.1. The molecule has 0 spiro atoms. The summed E-state index contributed by atoms with van der Waals surface area (Å²) in [5.74, 6) is -2.07. The quantitative estimate of drug-likeness (QED) is 0.679. The molecule has 0 saturated carbocycles. The molecule has 0 saturated heterocycles. The first-order valence-corrected chi connectivity index (χ1v) is 6.01. The van der Waals surface area contributed by atoms with E-state index in [1.54, 1.807) is 12.1 Å². The number of hydrogen-bond donors (Lipinski definition) is 3. The molecule has 6 heteroatoms. The van der Waals surface area contributed by atoms with Gasteiger partial charge in [-0.25, -0.2) is 4.39 Å². The van der Waals surface area contributed by atoms with Crippen LogP contribution in [0.5, 0.6) is 0 Å². The Morgan fingerprint density at radius 2 is 2.17 bits per heavy atom. The molecule has 1 rings (SSSR count). The van der Waals surface area contributed by atoms with Crippen molar-refractivity contribution in [3.05, 3.63) is 35.6 Å². The summed E-state index contributed by atoms with van der Waals surface area (Å²) in [6.45, 7) is -0.424. The SMILES string of the molecule is O=C(O)CNC(=O)C(CS)Cc1cccc(F)c1. The van der Waals surface area contributed by atoms with Crippen LogP contribution >= 0.6 is 12.6 Å². The number of benzene rings is 1. The van der Waals surface area contributed by atoms with Gasteiger partial charge in [-0.15, -0.1) is 0 Å². The Morgan fingerprint density at radius 3 is 2.72 bits per heavy atom. The Morgan fingerprint density at radius 1 is 1.44 bits per heavy atom. The van der Waals surface area contributed by atoms with Gasteiger partial charge in [0.25, 0.3) is 0 Å². The lowest BCUT2D eigenvalue weighted by atomic mass is 10.00. The van der Waals surface area contributed by atoms with E-state index in [4.69, 9.17) is 5.11 Å². The van der Waals surface area contributed by atoms with Gasteiger partial charge in [0, 0.05) is 5.75 Å². The molecule has 1 atom stereocenters. The molecule has 1 aromatic carbocycles.